The molecule has 0 aliphatic carbocycles. The minimum Gasteiger partial charge on any atom is -0.329 e. The molecule has 0 amide bonds. The van der Waals surface area contributed by atoms with Crippen molar-refractivity contribution < 1.29 is 0 Å². The van der Waals surface area contributed by atoms with Gasteiger partial charge in [0.2, 0.25) is 0 Å². The van der Waals surface area contributed by atoms with Crippen LogP contribution < -0.4 is 5.73 Å². The zero-order valence-electron chi connectivity index (χ0n) is 6.55. The van der Waals surface area contributed by atoms with Crippen LogP contribution in [-0.2, 0) is 0 Å². The Labute approximate surface area is 62.4 Å². The second kappa shape index (κ2) is 5.12. The second-order valence-electron chi connectivity index (χ2n) is 2.45. The third-order valence-corrected chi connectivity index (χ3v) is 2.64. The van der Waals surface area contributed by atoms with E-state index in [1.165, 1.54) is 6.42 Å². The van der Waals surface area contributed by atoms with Crippen molar-refractivity contribution in [1.29, 1.82) is 0 Å². The third-order valence-electron chi connectivity index (χ3n) is 1.18. The summed E-state index contributed by atoms with van der Waals surface area (Å²) in [5.74, 6) is 0. The summed E-state index contributed by atoms with van der Waals surface area (Å²) in [5, 5.41) is 1.39. The van der Waals surface area contributed by atoms with E-state index in [0.717, 1.165) is 11.8 Å². The van der Waals surface area contributed by atoms with Crippen LogP contribution in [0.5, 0.6) is 0 Å². The molecule has 2 heteroatoms. The molecule has 0 aromatic rings. The Hall–Kier alpha value is 0.310. The first-order chi connectivity index (χ1) is 4.20. The molecule has 0 saturated carbocycles. The van der Waals surface area contributed by atoms with Crippen LogP contribution in [0.4, 0.5) is 0 Å². The average molecular weight is 147 g/mol. The standard InChI is InChI=1S/C7H17NS/c1-4-7(5-8)9-6(2)3/h6-7H,4-5,8H2,1-3H3. The van der Waals surface area contributed by atoms with E-state index in [-0.39, 0.29) is 0 Å². The molecule has 9 heavy (non-hydrogen) atoms. The lowest BCUT2D eigenvalue weighted by Gasteiger charge is -2.13. The summed E-state index contributed by atoms with van der Waals surface area (Å²) in [4.78, 5) is 0. The van der Waals surface area contributed by atoms with E-state index >= 15 is 0 Å². The molecule has 0 aliphatic rings. The quantitative estimate of drug-likeness (QED) is 0.657. The highest BCUT2D eigenvalue weighted by molar-refractivity contribution is 8.00. The van der Waals surface area contributed by atoms with Crippen molar-refractivity contribution in [2.75, 3.05) is 6.54 Å². The molecule has 0 aromatic carbocycles. The van der Waals surface area contributed by atoms with Gasteiger partial charge in [-0.25, -0.2) is 0 Å². The molecule has 0 fully saturated rings. The molecular formula is C7H17NS. The molecule has 2 N–H and O–H groups in total. The van der Waals surface area contributed by atoms with E-state index in [9.17, 15) is 0 Å². The molecule has 1 atom stereocenters. The predicted molar refractivity (Wildman–Crippen MR) is 45.9 cm³/mol. The van der Waals surface area contributed by atoms with Crippen molar-refractivity contribution in [3.05, 3.63) is 0 Å². The lowest BCUT2D eigenvalue weighted by Crippen LogP contribution is -2.17. The van der Waals surface area contributed by atoms with Crippen molar-refractivity contribution in [2.24, 2.45) is 5.73 Å². The van der Waals surface area contributed by atoms with Crippen molar-refractivity contribution >= 4 is 11.8 Å². The second-order valence-corrected chi connectivity index (χ2v) is 4.33. The Morgan fingerprint density at radius 3 is 2.11 bits per heavy atom. The van der Waals surface area contributed by atoms with Gasteiger partial charge in [0, 0.05) is 11.8 Å². The van der Waals surface area contributed by atoms with Gasteiger partial charge in [-0.2, -0.15) is 11.8 Å². The third kappa shape index (κ3) is 4.79. The summed E-state index contributed by atoms with van der Waals surface area (Å²) < 4.78 is 0. The topological polar surface area (TPSA) is 26.0 Å². The normalized spacial score (nSPS) is 14.3. The van der Waals surface area contributed by atoms with E-state index in [0.29, 0.717) is 5.25 Å². The molecule has 0 heterocycles. The number of hydrogen-bond donors (Lipinski definition) is 1. The van der Waals surface area contributed by atoms with Crippen molar-refractivity contribution in [3.8, 4) is 0 Å². The van der Waals surface area contributed by atoms with E-state index in [1.54, 1.807) is 0 Å². The van der Waals surface area contributed by atoms with Crippen molar-refractivity contribution in [2.45, 2.75) is 37.7 Å². The van der Waals surface area contributed by atoms with Gasteiger partial charge < -0.3 is 5.73 Å². The lowest BCUT2D eigenvalue weighted by molar-refractivity contribution is 0.821. The maximum absolute atomic E-state index is 5.51. The van der Waals surface area contributed by atoms with Crippen molar-refractivity contribution in [3.63, 3.8) is 0 Å². The van der Waals surface area contributed by atoms with Crippen LogP contribution in [0.3, 0.4) is 0 Å². The number of nitrogens with two attached hydrogens (primary N) is 1. The molecule has 0 aromatic heterocycles. The van der Waals surface area contributed by atoms with Gasteiger partial charge in [-0.15, -0.1) is 0 Å². The van der Waals surface area contributed by atoms with Gasteiger partial charge in [-0.3, -0.25) is 0 Å². The van der Waals surface area contributed by atoms with Crippen LogP contribution in [0.1, 0.15) is 27.2 Å². The fourth-order valence-corrected chi connectivity index (χ4v) is 1.78. The molecule has 0 saturated heterocycles. The number of rotatable bonds is 4. The van der Waals surface area contributed by atoms with Crippen LogP contribution in [0, 0.1) is 0 Å². The zero-order chi connectivity index (χ0) is 7.28. The van der Waals surface area contributed by atoms with E-state index in [2.05, 4.69) is 20.8 Å². The minimum atomic E-state index is 0.671. The summed E-state index contributed by atoms with van der Waals surface area (Å²) in [7, 11) is 0. The molecule has 0 radical (unpaired) electrons. The molecule has 0 rings (SSSR count). The molecule has 0 spiro atoms. The van der Waals surface area contributed by atoms with E-state index < -0.39 is 0 Å². The fraction of sp³-hybridized carbons (Fsp3) is 1.00. The summed E-state index contributed by atoms with van der Waals surface area (Å²) in [6.45, 7) is 7.43. The fourth-order valence-electron chi connectivity index (χ4n) is 0.703. The number of thioether (sulfide) groups is 1. The Morgan fingerprint density at radius 1 is 1.44 bits per heavy atom. The highest BCUT2D eigenvalue weighted by Crippen LogP contribution is 2.18. The van der Waals surface area contributed by atoms with Crippen molar-refractivity contribution in [1.82, 2.24) is 0 Å². The van der Waals surface area contributed by atoms with Gasteiger partial charge in [0.1, 0.15) is 0 Å². The largest absolute Gasteiger partial charge is 0.329 e. The molecule has 1 unspecified atom stereocenters. The molecule has 1 nitrogen and oxygen atoms in total. The maximum Gasteiger partial charge on any atom is 0.0170 e. The van der Waals surface area contributed by atoms with Gasteiger partial charge in [0.05, 0.1) is 0 Å². The first-order valence-electron chi connectivity index (χ1n) is 3.56. The molecule has 56 valence electrons. The van der Waals surface area contributed by atoms with Gasteiger partial charge in [0.15, 0.2) is 0 Å². The Kier molecular flexibility index (Phi) is 5.30. The van der Waals surface area contributed by atoms with E-state index in [1.807, 2.05) is 11.8 Å². The summed E-state index contributed by atoms with van der Waals surface area (Å²) in [6, 6.07) is 0. The van der Waals surface area contributed by atoms with Gasteiger partial charge >= 0.3 is 0 Å². The molecular weight excluding hydrogens is 130 g/mol. The SMILES string of the molecule is CCC(CN)SC(C)C. The van der Waals surface area contributed by atoms with Gasteiger partial charge in [-0.1, -0.05) is 20.8 Å². The van der Waals surface area contributed by atoms with Gasteiger partial charge in [0.25, 0.3) is 0 Å². The first kappa shape index (κ1) is 9.31. The van der Waals surface area contributed by atoms with Crippen LogP contribution in [-0.4, -0.2) is 17.0 Å². The highest BCUT2D eigenvalue weighted by Gasteiger charge is 2.05. The van der Waals surface area contributed by atoms with Crippen LogP contribution >= 0.6 is 11.8 Å². The average Bonchev–Trinajstić information content (AvgIpc) is 1.82. The monoisotopic (exact) mass is 147 g/mol. The first-order valence-corrected chi connectivity index (χ1v) is 4.50. The Balaban J connectivity index is 3.31. The maximum atomic E-state index is 5.51. The lowest BCUT2D eigenvalue weighted by atomic mass is 10.3. The van der Waals surface area contributed by atoms with Gasteiger partial charge in [-0.05, 0) is 11.7 Å². The summed E-state index contributed by atoms with van der Waals surface area (Å²) >= 11 is 1.97. The molecule has 0 aliphatic heterocycles. The highest BCUT2D eigenvalue weighted by atomic mass is 32.2. The Morgan fingerprint density at radius 2 is 2.00 bits per heavy atom. The minimum absolute atomic E-state index is 0.671. The number of hydrogen-bond acceptors (Lipinski definition) is 2. The van der Waals surface area contributed by atoms with Crippen LogP contribution in [0.15, 0.2) is 0 Å². The predicted octanol–water partition coefficient (Wildman–Crippen LogP) is 1.87. The Bertz CT molecular complexity index is 59.9. The summed E-state index contributed by atoms with van der Waals surface area (Å²) in [6.07, 6.45) is 1.19. The molecule has 0 bridgehead atoms. The van der Waals surface area contributed by atoms with Crippen LogP contribution in [0.2, 0.25) is 0 Å². The van der Waals surface area contributed by atoms with E-state index in [4.69, 9.17) is 5.73 Å². The zero-order valence-corrected chi connectivity index (χ0v) is 7.37. The summed E-state index contributed by atoms with van der Waals surface area (Å²) in [5.41, 5.74) is 5.51. The smallest absolute Gasteiger partial charge is 0.0170 e. The van der Waals surface area contributed by atoms with Crippen LogP contribution in [0.25, 0.3) is 0 Å².